The highest BCUT2D eigenvalue weighted by Gasteiger charge is 2.13. The maximum absolute atomic E-state index is 11.4. The third kappa shape index (κ3) is 10.1. The second-order valence-electron chi connectivity index (χ2n) is 5.36. The van der Waals surface area contributed by atoms with Crippen LogP contribution >= 0.6 is 11.6 Å². The number of rotatable bonds is 6. The van der Waals surface area contributed by atoms with Crippen molar-refractivity contribution in [1.29, 1.82) is 0 Å². The molecule has 2 nitrogen and oxygen atoms in total. The first-order valence-corrected chi connectivity index (χ1v) is 6.24. The van der Waals surface area contributed by atoms with Gasteiger partial charge in [0.2, 0.25) is 5.91 Å². The maximum Gasteiger partial charge on any atom is 0.220 e. The number of halogens is 1. The quantitative estimate of drug-likeness (QED) is 0.701. The van der Waals surface area contributed by atoms with Crippen LogP contribution in [-0.2, 0) is 4.79 Å². The summed E-state index contributed by atoms with van der Waals surface area (Å²) < 4.78 is 0. The zero-order chi connectivity index (χ0) is 11.9. The molecule has 1 N–H and O–H groups in total. The van der Waals surface area contributed by atoms with Crippen molar-refractivity contribution in [2.45, 2.75) is 59.4 Å². The second kappa shape index (κ2) is 7.10. The molecule has 0 heterocycles. The van der Waals surface area contributed by atoms with Gasteiger partial charge in [-0.3, -0.25) is 4.79 Å². The SMILES string of the molecule is CC(CCC(C)(C)C)NC(=O)CCCCl. The molecule has 1 atom stereocenters. The highest BCUT2D eigenvalue weighted by Crippen LogP contribution is 2.21. The Bertz CT molecular complexity index is 187. The Balaban J connectivity index is 3.64. The van der Waals surface area contributed by atoms with Crippen molar-refractivity contribution in [3.05, 3.63) is 0 Å². The van der Waals surface area contributed by atoms with Gasteiger partial charge in [-0.1, -0.05) is 20.8 Å². The van der Waals surface area contributed by atoms with Crippen LogP contribution < -0.4 is 5.32 Å². The first-order valence-electron chi connectivity index (χ1n) is 5.70. The molecule has 0 aliphatic heterocycles. The molecule has 0 bridgehead atoms. The normalized spacial score (nSPS) is 13.7. The largest absolute Gasteiger partial charge is 0.354 e. The molecule has 1 amide bonds. The second-order valence-corrected chi connectivity index (χ2v) is 5.74. The number of carbonyl (C=O) groups excluding carboxylic acids is 1. The van der Waals surface area contributed by atoms with Gasteiger partial charge in [0.05, 0.1) is 0 Å². The molecule has 0 fully saturated rings. The van der Waals surface area contributed by atoms with Crippen LogP contribution in [0.4, 0.5) is 0 Å². The van der Waals surface area contributed by atoms with Gasteiger partial charge in [0, 0.05) is 18.3 Å². The van der Waals surface area contributed by atoms with E-state index in [9.17, 15) is 4.79 Å². The highest BCUT2D eigenvalue weighted by atomic mass is 35.5. The molecule has 0 radical (unpaired) electrons. The van der Waals surface area contributed by atoms with Crippen LogP contribution in [-0.4, -0.2) is 17.8 Å². The van der Waals surface area contributed by atoms with E-state index < -0.39 is 0 Å². The standard InChI is InChI=1S/C12H24ClNO/c1-10(7-8-12(2,3)4)14-11(15)6-5-9-13/h10H,5-9H2,1-4H3,(H,14,15). The predicted molar refractivity (Wildman–Crippen MR) is 66.2 cm³/mol. The summed E-state index contributed by atoms with van der Waals surface area (Å²) in [7, 11) is 0. The molecular formula is C12H24ClNO. The fourth-order valence-electron chi connectivity index (χ4n) is 1.30. The Kier molecular flexibility index (Phi) is 6.99. The predicted octanol–water partition coefficient (Wildman–Crippen LogP) is 3.34. The van der Waals surface area contributed by atoms with E-state index in [1.807, 2.05) is 0 Å². The summed E-state index contributed by atoms with van der Waals surface area (Å²) in [5.74, 6) is 0.682. The summed E-state index contributed by atoms with van der Waals surface area (Å²) in [6.07, 6.45) is 3.48. The number of alkyl halides is 1. The molecule has 0 spiro atoms. The van der Waals surface area contributed by atoms with Crippen molar-refractivity contribution < 1.29 is 4.79 Å². The van der Waals surface area contributed by atoms with Gasteiger partial charge in [-0.15, -0.1) is 11.6 Å². The molecule has 90 valence electrons. The molecule has 0 rings (SSSR count). The fraction of sp³-hybridized carbons (Fsp3) is 0.917. The minimum Gasteiger partial charge on any atom is -0.354 e. The molecule has 0 aromatic heterocycles. The van der Waals surface area contributed by atoms with E-state index in [2.05, 4.69) is 33.0 Å². The van der Waals surface area contributed by atoms with E-state index >= 15 is 0 Å². The molecule has 0 aromatic carbocycles. The zero-order valence-corrected chi connectivity index (χ0v) is 11.2. The lowest BCUT2D eigenvalue weighted by molar-refractivity contribution is -0.121. The number of hydrogen-bond donors (Lipinski definition) is 1. The summed E-state index contributed by atoms with van der Waals surface area (Å²) in [6, 6.07) is 0.270. The lowest BCUT2D eigenvalue weighted by Gasteiger charge is -2.21. The Morgan fingerprint density at radius 1 is 1.40 bits per heavy atom. The van der Waals surface area contributed by atoms with Gasteiger partial charge in [0.15, 0.2) is 0 Å². The minimum atomic E-state index is 0.122. The molecular weight excluding hydrogens is 210 g/mol. The van der Waals surface area contributed by atoms with E-state index in [1.165, 1.54) is 0 Å². The fourth-order valence-corrected chi connectivity index (χ4v) is 1.43. The van der Waals surface area contributed by atoms with Crippen LogP contribution in [0.15, 0.2) is 0 Å². The van der Waals surface area contributed by atoms with Crippen LogP contribution in [0.5, 0.6) is 0 Å². The molecule has 15 heavy (non-hydrogen) atoms. The van der Waals surface area contributed by atoms with Crippen molar-refractivity contribution >= 4 is 17.5 Å². The average molecular weight is 234 g/mol. The first-order chi connectivity index (χ1) is 6.85. The van der Waals surface area contributed by atoms with Crippen LogP contribution in [0.2, 0.25) is 0 Å². The summed E-state index contributed by atoms with van der Waals surface area (Å²) in [4.78, 5) is 11.4. The lowest BCUT2D eigenvalue weighted by Crippen LogP contribution is -2.33. The first kappa shape index (κ1) is 14.8. The molecule has 0 aliphatic rings. The monoisotopic (exact) mass is 233 g/mol. The van der Waals surface area contributed by atoms with Crippen molar-refractivity contribution in [2.24, 2.45) is 5.41 Å². The summed E-state index contributed by atoms with van der Waals surface area (Å²) in [5.41, 5.74) is 0.342. The minimum absolute atomic E-state index is 0.122. The van der Waals surface area contributed by atoms with E-state index in [-0.39, 0.29) is 11.9 Å². The maximum atomic E-state index is 11.4. The average Bonchev–Trinajstić information content (AvgIpc) is 2.10. The zero-order valence-electron chi connectivity index (χ0n) is 10.4. The molecule has 1 unspecified atom stereocenters. The van der Waals surface area contributed by atoms with E-state index in [0.717, 1.165) is 19.3 Å². The highest BCUT2D eigenvalue weighted by molar-refractivity contribution is 6.17. The van der Waals surface area contributed by atoms with Crippen LogP contribution in [0, 0.1) is 5.41 Å². The van der Waals surface area contributed by atoms with Gasteiger partial charge in [0.1, 0.15) is 0 Å². The van der Waals surface area contributed by atoms with Gasteiger partial charge in [-0.05, 0) is 31.6 Å². The molecule has 0 saturated carbocycles. The van der Waals surface area contributed by atoms with Crippen LogP contribution in [0.3, 0.4) is 0 Å². The molecule has 0 aromatic rings. The van der Waals surface area contributed by atoms with E-state index in [0.29, 0.717) is 17.7 Å². The summed E-state index contributed by atoms with van der Waals surface area (Å²) in [5, 5.41) is 2.99. The summed E-state index contributed by atoms with van der Waals surface area (Å²) >= 11 is 5.52. The third-order valence-electron chi connectivity index (χ3n) is 2.27. The van der Waals surface area contributed by atoms with Gasteiger partial charge in [-0.25, -0.2) is 0 Å². The molecule has 0 saturated heterocycles. The topological polar surface area (TPSA) is 29.1 Å². The van der Waals surface area contributed by atoms with Crippen LogP contribution in [0.25, 0.3) is 0 Å². The van der Waals surface area contributed by atoms with Crippen molar-refractivity contribution in [1.82, 2.24) is 5.32 Å². The van der Waals surface area contributed by atoms with Gasteiger partial charge >= 0.3 is 0 Å². The lowest BCUT2D eigenvalue weighted by atomic mass is 9.89. The Morgan fingerprint density at radius 2 is 2.00 bits per heavy atom. The van der Waals surface area contributed by atoms with Crippen molar-refractivity contribution in [2.75, 3.05) is 5.88 Å². The van der Waals surface area contributed by atoms with E-state index in [1.54, 1.807) is 0 Å². The van der Waals surface area contributed by atoms with Gasteiger partial charge in [0.25, 0.3) is 0 Å². The van der Waals surface area contributed by atoms with Gasteiger partial charge < -0.3 is 5.32 Å². The third-order valence-corrected chi connectivity index (χ3v) is 2.54. The number of amides is 1. The summed E-state index contributed by atoms with van der Waals surface area (Å²) in [6.45, 7) is 8.71. The number of hydrogen-bond acceptors (Lipinski definition) is 1. The van der Waals surface area contributed by atoms with Crippen LogP contribution in [0.1, 0.15) is 53.4 Å². The van der Waals surface area contributed by atoms with E-state index in [4.69, 9.17) is 11.6 Å². The molecule has 3 heteroatoms. The Morgan fingerprint density at radius 3 is 2.47 bits per heavy atom. The number of carbonyl (C=O) groups is 1. The van der Waals surface area contributed by atoms with Gasteiger partial charge in [-0.2, -0.15) is 0 Å². The Hall–Kier alpha value is -0.240. The van der Waals surface area contributed by atoms with Crippen molar-refractivity contribution in [3.8, 4) is 0 Å². The smallest absolute Gasteiger partial charge is 0.220 e. The van der Waals surface area contributed by atoms with Crippen molar-refractivity contribution in [3.63, 3.8) is 0 Å². The molecule has 0 aliphatic carbocycles. The number of nitrogens with one attached hydrogen (secondary N) is 1. The Labute approximate surface area is 98.8 Å².